The molecule has 0 unspecified atom stereocenters. The predicted octanol–water partition coefficient (Wildman–Crippen LogP) is 2.15. The number of amides is 3. The third-order valence-electron chi connectivity index (χ3n) is 5.98. The molecule has 6 heteroatoms. The molecule has 2 saturated carbocycles. The zero-order chi connectivity index (χ0) is 16.6. The van der Waals surface area contributed by atoms with E-state index in [1.165, 1.54) is 0 Å². The molecule has 1 saturated heterocycles. The van der Waals surface area contributed by atoms with Crippen molar-refractivity contribution in [1.29, 1.82) is 0 Å². The number of nitrogens with zero attached hydrogens (tertiary/aromatic N) is 1. The Hall–Kier alpha value is -1.95. The smallest absolute Gasteiger partial charge is 0.270 e. The highest BCUT2D eigenvalue weighted by Gasteiger charge is 2.67. The Balaban J connectivity index is 1.40. The van der Waals surface area contributed by atoms with Crippen molar-refractivity contribution in [2.24, 2.45) is 35.5 Å². The fourth-order valence-electron chi connectivity index (χ4n) is 4.83. The summed E-state index contributed by atoms with van der Waals surface area (Å²) in [6.45, 7) is 0. The van der Waals surface area contributed by atoms with E-state index in [4.69, 9.17) is 0 Å². The molecule has 24 heavy (non-hydrogen) atoms. The molecule has 1 heterocycles. The van der Waals surface area contributed by atoms with Gasteiger partial charge in [0.25, 0.3) is 17.7 Å². The highest BCUT2D eigenvalue weighted by Crippen LogP contribution is 2.65. The van der Waals surface area contributed by atoms with Gasteiger partial charge < -0.3 is 0 Å². The largest absolute Gasteiger partial charge is 0.272 e. The summed E-state index contributed by atoms with van der Waals surface area (Å²) in [6, 6.07) is 6.80. The number of allylic oxidation sites excluding steroid dienone is 2. The van der Waals surface area contributed by atoms with E-state index in [0.29, 0.717) is 17.4 Å². The first-order valence-corrected chi connectivity index (χ1v) is 8.98. The number of carbonyl (C=O) groups excluding carboxylic acids is 3. The molecule has 1 aromatic carbocycles. The number of hydrogen-bond acceptors (Lipinski definition) is 3. The van der Waals surface area contributed by atoms with E-state index >= 15 is 0 Å². The fourth-order valence-corrected chi connectivity index (χ4v) is 5.10. The number of hydrazine groups is 1. The van der Waals surface area contributed by atoms with Crippen LogP contribution in [0.25, 0.3) is 0 Å². The fraction of sp³-hybridized carbons (Fsp3) is 0.389. The van der Waals surface area contributed by atoms with Crippen LogP contribution >= 0.6 is 15.9 Å². The number of carbonyl (C=O) groups is 3. The van der Waals surface area contributed by atoms with Crippen LogP contribution in [0.3, 0.4) is 0 Å². The van der Waals surface area contributed by atoms with Crippen LogP contribution in [-0.4, -0.2) is 22.7 Å². The van der Waals surface area contributed by atoms with Crippen molar-refractivity contribution >= 4 is 33.7 Å². The number of nitrogens with one attached hydrogen (secondary N) is 1. The van der Waals surface area contributed by atoms with Gasteiger partial charge in [-0.25, -0.2) is 0 Å². The van der Waals surface area contributed by atoms with Gasteiger partial charge in [0, 0.05) is 10.0 Å². The first-order chi connectivity index (χ1) is 11.6. The minimum absolute atomic E-state index is 0.163. The second-order valence-corrected chi connectivity index (χ2v) is 8.03. The standard InChI is InChI=1S/C18H15BrN2O3/c19-9-3-1-8(2-4-9)16(22)20-21-17(23)14-10-5-6-11(13-7-12(10)13)15(14)18(21)24/h1-6,10-15H,7H2,(H,20,22)/t10-,11-,12-,13+,14+,15+/m1/s1. The predicted molar refractivity (Wildman–Crippen MR) is 88.2 cm³/mol. The van der Waals surface area contributed by atoms with Gasteiger partial charge in [-0.15, -0.1) is 0 Å². The molecular formula is C18H15BrN2O3. The highest BCUT2D eigenvalue weighted by molar-refractivity contribution is 9.10. The van der Waals surface area contributed by atoms with Gasteiger partial charge >= 0.3 is 0 Å². The maximum absolute atomic E-state index is 12.8. The number of benzene rings is 1. The normalized spacial score (nSPS) is 38.1. The summed E-state index contributed by atoms with van der Waals surface area (Å²) >= 11 is 3.32. The van der Waals surface area contributed by atoms with Crippen molar-refractivity contribution in [3.63, 3.8) is 0 Å². The minimum Gasteiger partial charge on any atom is -0.272 e. The van der Waals surface area contributed by atoms with E-state index in [2.05, 4.69) is 33.5 Å². The molecule has 122 valence electrons. The van der Waals surface area contributed by atoms with Crippen molar-refractivity contribution in [2.75, 3.05) is 0 Å². The lowest BCUT2D eigenvalue weighted by atomic mass is 9.63. The molecule has 4 aliphatic carbocycles. The molecule has 6 rings (SSSR count). The molecule has 0 radical (unpaired) electrons. The molecule has 0 aromatic heterocycles. The van der Waals surface area contributed by atoms with Gasteiger partial charge in [-0.1, -0.05) is 28.1 Å². The van der Waals surface area contributed by atoms with Crippen LogP contribution in [0.1, 0.15) is 16.8 Å². The third kappa shape index (κ3) is 1.83. The lowest BCUT2D eigenvalue weighted by molar-refractivity contribution is -0.143. The molecule has 1 aromatic rings. The maximum atomic E-state index is 12.8. The van der Waals surface area contributed by atoms with Gasteiger partial charge in [-0.05, 0) is 54.4 Å². The summed E-state index contributed by atoms with van der Waals surface area (Å²) < 4.78 is 0.861. The lowest BCUT2D eigenvalue weighted by Crippen LogP contribution is -2.46. The topological polar surface area (TPSA) is 66.5 Å². The zero-order valence-corrected chi connectivity index (χ0v) is 14.3. The molecule has 6 atom stereocenters. The molecule has 5 nitrogen and oxygen atoms in total. The van der Waals surface area contributed by atoms with Gasteiger partial charge in [0.2, 0.25) is 0 Å². The highest BCUT2D eigenvalue weighted by atomic mass is 79.9. The summed E-state index contributed by atoms with van der Waals surface area (Å²) in [5.74, 6) is -0.0797. The van der Waals surface area contributed by atoms with E-state index in [9.17, 15) is 14.4 Å². The van der Waals surface area contributed by atoms with E-state index < -0.39 is 5.91 Å². The summed E-state index contributed by atoms with van der Waals surface area (Å²) in [7, 11) is 0. The van der Waals surface area contributed by atoms with Crippen LogP contribution in [0.4, 0.5) is 0 Å². The third-order valence-corrected chi connectivity index (χ3v) is 6.51. The molecule has 2 bridgehead atoms. The number of rotatable bonds is 2. The van der Waals surface area contributed by atoms with E-state index in [-0.39, 0.29) is 35.5 Å². The second-order valence-electron chi connectivity index (χ2n) is 7.11. The Bertz CT molecular complexity index is 767. The quantitative estimate of drug-likeness (QED) is 0.625. The van der Waals surface area contributed by atoms with Crippen LogP contribution in [-0.2, 0) is 9.59 Å². The number of imide groups is 1. The first-order valence-electron chi connectivity index (χ1n) is 8.19. The average Bonchev–Trinajstić information content (AvgIpc) is 3.36. The molecule has 1 N–H and O–H groups in total. The Morgan fingerprint density at radius 2 is 1.54 bits per heavy atom. The van der Waals surface area contributed by atoms with Gasteiger partial charge in [-0.3, -0.25) is 19.8 Å². The Kier molecular flexibility index (Phi) is 2.87. The summed E-state index contributed by atoms with van der Waals surface area (Å²) in [6.07, 6.45) is 5.36. The lowest BCUT2D eigenvalue weighted by Gasteiger charge is -2.37. The van der Waals surface area contributed by atoms with Crippen molar-refractivity contribution in [3.05, 3.63) is 46.5 Å². The molecule has 0 spiro atoms. The van der Waals surface area contributed by atoms with Crippen LogP contribution in [0.2, 0.25) is 0 Å². The molecule has 3 amide bonds. The van der Waals surface area contributed by atoms with Crippen LogP contribution in [0.15, 0.2) is 40.9 Å². The van der Waals surface area contributed by atoms with E-state index in [1.54, 1.807) is 24.3 Å². The van der Waals surface area contributed by atoms with Gasteiger partial charge in [0.15, 0.2) is 0 Å². The maximum Gasteiger partial charge on any atom is 0.270 e. The first kappa shape index (κ1) is 14.4. The van der Waals surface area contributed by atoms with E-state index in [0.717, 1.165) is 15.9 Å². The second kappa shape index (κ2) is 4.79. The number of hydrogen-bond donors (Lipinski definition) is 1. The van der Waals surface area contributed by atoms with Gasteiger partial charge in [0.05, 0.1) is 11.8 Å². The van der Waals surface area contributed by atoms with Crippen LogP contribution in [0.5, 0.6) is 0 Å². The summed E-state index contributed by atoms with van der Waals surface area (Å²) in [4.78, 5) is 37.9. The van der Waals surface area contributed by atoms with Crippen molar-refractivity contribution in [1.82, 2.24) is 10.4 Å². The summed E-state index contributed by atoms with van der Waals surface area (Å²) in [5.41, 5.74) is 2.94. The van der Waals surface area contributed by atoms with Crippen LogP contribution < -0.4 is 5.43 Å². The molecule has 5 aliphatic rings. The Morgan fingerprint density at radius 3 is 2.08 bits per heavy atom. The summed E-state index contributed by atoms with van der Waals surface area (Å²) in [5, 5.41) is 0.970. The molecule has 1 aliphatic heterocycles. The van der Waals surface area contributed by atoms with Gasteiger partial charge in [0.1, 0.15) is 0 Å². The van der Waals surface area contributed by atoms with Crippen LogP contribution in [0, 0.1) is 35.5 Å². The SMILES string of the molecule is O=C(NN1C(=O)[C@H]2[C@@H]3C=C[C@H]([C@@H]4C[C@H]34)[C@@H]2C1=O)c1ccc(Br)cc1. The monoisotopic (exact) mass is 386 g/mol. The number of halogens is 1. The van der Waals surface area contributed by atoms with E-state index in [1.807, 2.05) is 0 Å². The molecule has 3 fully saturated rings. The van der Waals surface area contributed by atoms with Crippen molar-refractivity contribution in [2.45, 2.75) is 6.42 Å². The van der Waals surface area contributed by atoms with Gasteiger partial charge in [-0.2, -0.15) is 5.01 Å². The Morgan fingerprint density at radius 1 is 1.00 bits per heavy atom. The van der Waals surface area contributed by atoms with Crippen molar-refractivity contribution < 1.29 is 14.4 Å². The zero-order valence-electron chi connectivity index (χ0n) is 12.7. The van der Waals surface area contributed by atoms with Crippen molar-refractivity contribution in [3.8, 4) is 0 Å². The molecular weight excluding hydrogens is 372 g/mol. The average molecular weight is 387 g/mol. The minimum atomic E-state index is -0.437. The Labute approximate surface area is 147 Å².